The van der Waals surface area contributed by atoms with E-state index in [4.69, 9.17) is 22.1 Å². The maximum absolute atomic E-state index is 12.8. The van der Waals surface area contributed by atoms with Gasteiger partial charge in [-0.1, -0.05) is 0 Å². The molecule has 0 spiro atoms. The highest BCUT2D eigenvalue weighted by atomic mass is 35.5. The molecule has 0 aliphatic carbocycles. The van der Waals surface area contributed by atoms with Gasteiger partial charge in [-0.2, -0.15) is 0 Å². The summed E-state index contributed by atoms with van der Waals surface area (Å²) in [5.74, 6) is -1.60. The predicted octanol–water partition coefficient (Wildman–Crippen LogP) is 0.0995. The molecule has 1 heterocycles. The lowest BCUT2D eigenvalue weighted by molar-refractivity contribution is -0.139. The summed E-state index contributed by atoms with van der Waals surface area (Å²) in [6, 6.07) is -1.84. The zero-order chi connectivity index (χ0) is 20.1. The molecular formula is C16H27ClN4O5. The number of likely N-dealkylation sites (tertiary alicyclic amines) is 1. The largest absolute Gasteiger partial charge is 0.444 e. The van der Waals surface area contributed by atoms with E-state index in [1.165, 1.54) is 11.8 Å². The lowest BCUT2D eigenvalue weighted by atomic mass is 10.2. The van der Waals surface area contributed by atoms with E-state index in [1.54, 1.807) is 20.8 Å². The minimum absolute atomic E-state index is 0.185. The third-order valence-corrected chi connectivity index (χ3v) is 3.89. The minimum Gasteiger partial charge on any atom is -0.444 e. The number of nitrogens with two attached hydrogens (primary N) is 1. The molecule has 4 N–H and O–H groups in total. The second-order valence-electron chi connectivity index (χ2n) is 7.15. The molecule has 1 fully saturated rings. The van der Waals surface area contributed by atoms with Crippen LogP contribution in [0.3, 0.4) is 0 Å². The van der Waals surface area contributed by atoms with Gasteiger partial charge in [0.2, 0.25) is 17.7 Å². The summed E-state index contributed by atoms with van der Waals surface area (Å²) in [5, 5.41) is 4.14. The lowest BCUT2D eigenvalue weighted by Gasteiger charge is -2.29. The predicted molar refractivity (Wildman–Crippen MR) is 95.4 cm³/mol. The smallest absolute Gasteiger partial charge is 0.408 e. The fourth-order valence-corrected chi connectivity index (χ4v) is 2.60. The molecule has 148 valence electrons. The van der Waals surface area contributed by atoms with Crippen LogP contribution >= 0.6 is 11.6 Å². The molecule has 1 rings (SSSR count). The molecule has 10 heteroatoms. The van der Waals surface area contributed by atoms with Crippen molar-refractivity contribution in [2.24, 2.45) is 5.73 Å². The SMILES string of the molecule is C[C@@H](Cl)C(=O)NC[C@H](NC(=O)OC(C)(C)C)C(=O)N1CCC[C@H]1C(N)=O. The summed E-state index contributed by atoms with van der Waals surface area (Å²) < 4.78 is 5.16. The summed E-state index contributed by atoms with van der Waals surface area (Å²) in [6.07, 6.45) is 0.286. The summed E-state index contributed by atoms with van der Waals surface area (Å²) in [4.78, 5) is 49.4. The Morgan fingerprint density at radius 1 is 1.31 bits per heavy atom. The Kier molecular flexibility index (Phi) is 7.68. The third kappa shape index (κ3) is 6.70. The van der Waals surface area contributed by atoms with E-state index in [9.17, 15) is 19.2 Å². The fraction of sp³-hybridized carbons (Fsp3) is 0.750. The Balaban J connectivity index is 2.88. The molecule has 1 aliphatic rings. The van der Waals surface area contributed by atoms with E-state index in [0.717, 1.165) is 0 Å². The van der Waals surface area contributed by atoms with Crippen molar-refractivity contribution in [2.75, 3.05) is 13.1 Å². The van der Waals surface area contributed by atoms with Crippen LogP contribution in [0, 0.1) is 0 Å². The van der Waals surface area contributed by atoms with E-state index in [1.807, 2.05) is 0 Å². The van der Waals surface area contributed by atoms with Gasteiger partial charge >= 0.3 is 6.09 Å². The number of nitrogens with zero attached hydrogens (tertiary/aromatic N) is 1. The number of ether oxygens (including phenoxy) is 1. The molecule has 0 saturated carbocycles. The van der Waals surface area contributed by atoms with Crippen molar-refractivity contribution in [2.45, 2.75) is 63.6 Å². The molecule has 0 aromatic rings. The second-order valence-corrected chi connectivity index (χ2v) is 7.81. The van der Waals surface area contributed by atoms with Crippen molar-refractivity contribution in [3.8, 4) is 0 Å². The first-order valence-electron chi connectivity index (χ1n) is 8.43. The van der Waals surface area contributed by atoms with Gasteiger partial charge in [0.25, 0.3) is 0 Å². The number of rotatable bonds is 6. The van der Waals surface area contributed by atoms with Gasteiger partial charge in [-0.05, 0) is 40.5 Å². The first kappa shape index (κ1) is 22.0. The van der Waals surface area contributed by atoms with Crippen molar-refractivity contribution in [3.05, 3.63) is 0 Å². The number of carbonyl (C=O) groups is 4. The summed E-state index contributed by atoms with van der Waals surface area (Å²) in [7, 11) is 0. The Hall–Kier alpha value is -2.03. The topological polar surface area (TPSA) is 131 Å². The van der Waals surface area contributed by atoms with Crippen molar-refractivity contribution >= 4 is 35.4 Å². The van der Waals surface area contributed by atoms with E-state index < -0.39 is 46.9 Å². The van der Waals surface area contributed by atoms with E-state index >= 15 is 0 Å². The maximum atomic E-state index is 12.8. The van der Waals surface area contributed by atoms with Crippen LogP contribution in [-0.4, -0.2) is 64.9 Å². The van der Waals surface area contributed by atoms with Crippen LogP contribution in [0.25, 0.3) is 0 Å². The number of hydrogen-bond donors (Lipinski definition) is 3. The molecule has 1 saturated heterocycles. The van der Waals surface area contributed by atoms with Gasteiger partial charge in [0.1, 0.15) is 23.1 Å². The van der Waals surface area contributed by atoms with Crippen molar-refractivity contribution < 1.29 is 23.9 Å². The monoisotopic (exact) mass is 390 g/mol. The van der Waals surface area contributed by atoms with E-state index in [-0.39, 0.29) is 6.54 Å². The third-order valence-electron chi connectivity index (χ3n) is 3.70. The fourth-order valence-electron chi connectivity index (χ4n) is 2.52. The van der Waals surface area contributed by atoms with Gasteiger partial charge in [-0.15, -0.1) is 11.6 Å². The van der Waals surface area contributed by atoms with E-state index in [2.05, 4.69) is 10.6 Å². The zero-order valence-electron chi connectivity index (χ0n) is 15.5. The summed E-state index contributed by atoms with van der Waals surface area (Å²) in [5.41, 5.74) is 4.59. The Morgan fingerprint density at radius 3 is 2.42 bits per heavy atom. The highest BCUT2D eigenvalue weighted by Gasteiger charge is 2.37. The number of amides is 4. The van der Waals surface area contributed by atoms with Crippen LogP contribution in [0.2, 0.25) is 0 Å². The molecular weight excluding hydrogens is 364 g/mol. The molecule has 0 aromatic heterocycles. The number of alkyl carbamates (subject to hydrolysis) is 1. The molecule has 0 unspecified atom stereocenters. The maximum Gasteiger partial charge on any atom is 0.408 e. The van der Waals surface area contributed by atoms with Crippen molar-refractivity contribution in [3.63, 3.8) is 0 Å². The normalized spacial score (nSPS) is 19.4. The van der Waals surface area contributed by atoms with Gasteiger partial charge in [-0.25, -0.2) is 4.79 Å². The zero-order valence-corrected chi connectivity index (χ0v) is 16.3. The summed E-state index contributed by atoms with van der Waals surface area (Å²) in [6.45, 7) is 6.70. The molecule has 4 amide bonds. The van der Waals surface area contributed by atoms with Gasteiger partial charge in [0.05, 0.1) is 0 Å². The standard InChI is InChI=1S/C16H27ClN4O5/c1-9(17)13(23)19-8-10(20-15(25)26-16(2,3)4)14(24)21-7-5-6-11(21)12(18)22/h9-11H,5-8H2,1-4H3,(H2,18,22)(H,19,23)(H,20,25)/t9-,10+,11+/m1/s1. The van der Waals surface area contributed by atoms with Gasteiger partial charge < -0.3 is 26.0 Å². The second kappa shape index (κ2) is 9.07. The highest BCUT2D eigenvalue weighted by Crippen LogP contribution is 2.18. The number of carbonyl (C=O) groups excluding carboxylic acids is 4. The Labute approximate surface area is 157 Å². The molecule has 3 atom stereocenters. The lowest BCUT2D eigenvalue weighted by Crippen LogP contribution is -2.57. The number of nitrogens with one attached hydrogen (secondary N) is 2. The van der Waals surface area contributed by atoms with Crippen LogP contribution in [0.15, 0.2) is 0 Å². The van der Waals surface area contributed by atoms with Crippen molar-refractivity contribution in [1.29, 1.82) is 0 Å². The number of alkyl halides is 1. The molecule has 0 radical (unpaired) electrons. The number of halogens is 1. The molecule has 0 aromatic carbocycles. The quantitative estimate of drug-likeness (QED) is 0.553. The van der Waals surface area contributed by atoms with E-state index in [0.29, 0.717) is 19.4 Å². The minimum atomic E-state index is -1.11. The highest BCUT2D eigenvalue weighted by molar-refractivity contribution is 6.30. The molecule has 9 nitrogen and oxygen atoms in total. The average Bonchev–Trinajstić information content (AvgIpc) is 2.98. The van der Waals surface area contributed by atoms with Crippen LogP contribution in [0.5, 0.6) is 0 Å². The molecule has 0 bridgehead atoms. The molecule has 1 aliphatic heterocycles. The van der Waals surface area contributed by atoms with Crippen molar-refractivity contribution in [1.82, 2.24) is 15.5 Å². The molecule has 26 heavy (non-hydrogen) atoms. The van der Waals surface area contributed by atoms with Gasteiger partial charge in [0.15, 0.2) is 0 Å². The van der Waals surface area contributed by atoms with Crippen LogP contribution in [0.4, 0.5) is 4.79 Å². The van der Waals surface area contributed by atoms with Gasteiger partial charge in [-0.3, -0.25) is 14.4 Å². The number of hydrogen-bond acceptors (Lipinski definition) is 5. The first-order chi connectivity index (χ1) is 11.9. The van der Waals surface area contributed by atoms with Crippen LogP contribution in [-0.2, 0) is 19.1 Å². The van der Waals surface area contributed by atoms with Gasteiger partial charge in [0, 0.05) is 13.1 Å². The Morgan fingerprint density at radius 2 is 1.92 bits per heavy atom. The van der Waals surface area contributed by atoms with Crippen LogP contribution < -0.4 is 16.4 Å². The first-order valence-corrected chi connectivity index (χ1v) is 8.87. The summed E-state index contributed by atoms with van der Waals surface area (Å²) >= 11 is 5.70. The average molecular weight is 391 g/mol. The van der Waals surface area contributed by atoms with Crippen LogP contribution in [0.1, 0.15) is 40.5 Å². The number of primary amides is 1. The Bertz CT molecular complexity index is 561.